The van der Waals surface area contributed by atoms with Gasteiger partial charge in [0.2, 0.25) is 0 Å². The fraction of sp³-hybridized carbons (Fsp3) is 0.455. The Morgan fingerprint density at radius 2 is 2.16 bits per heavy atom. The highest BCUT2D eigenvalue weighted by Gasteiger charge is 2.36. The predicted octanol–water partition coefficient (Wildman–Crippen LogP) is 2.82. The number of methoxy groups -OCH3 is 1. The standard InChI is InChI=1S/C22H24ClN3O5/c1-30-12-18(22(28)29)26-11-15-3-2-14(9-16(15)21(26)27)20-17(23)10-24-19(25-20)8-13-4-6-31-7-5-13/h2-3,9-10,13,18H,4-8,11-12H2,1H3,(H,28,29). The molecule has 0 bridgehead atoms. The van der Waals surface area contributed by atoms with Crippen molar-refractivity contribution in [2.24, 2.45) is 5.92 Å². The van der Waals surface area contributed by atoms with E-state index in [1.165, 1.54) is 12.0 Å². The van der Waals surface area contributed by atoms with Crippen molar-refractivity contribution in [2.75, 3.05) is 26.9 Å². The highest BCUT2D eigenvalue weighted by molar-refractivity contribution is 6.32. The average Bonchev–Trinajstić information content (AvgIpc) is 3.09. The number of amides is 1. The summed E-state index contributed by atoms with van der Waals surface area (Å²) in [7, 11) is 1.41. The van der Waals surface area contributed by atoms with Gasteiger partial charge in [0.25, 0.3) is 5.91 Å². The summed E-state index contributed by atoms with van der Waals surface area (Å²) in [6, 6.07) is 4.37. The van der Waals surface area contributed by atoms with Gasteiger partial charge in [-0.15, -0.1) is 0 Å². The normalized spacial score (nSPS) is 17.6. The van der Waals surface area contributed by atoms with E-state index in [-0.39, 0.29) is 19.1 Å². The molecule has 4 rings (SSSR count). The molecule has 0 aliphatic carbocycles. The van der Waals surface area contributed by atoms with Crippen molar-refractivity contribution in [3.8, 4) is 11.3 Å². The second kappa shape index (κ2) is 9.30. The number of carboxylic acids is 1. The van der Waals surface area contributed by atoms with Crippen LogP contribution in [-0.2, 0) is 27.2 Å². The number of rotatable bonds is 7. The molecule has 9 heteroatoms. The summed E-state index contributed by atoms with van der Waals surface area (Å²) in [6.07, 6.45) is 4.31. The molecular weight excluding hydrogens is 422 g/mol. The monoisotopic (exact) mass is 445 g/mol. The zero-order chi connectivity index (χ0) is 22.0. The van der Waals surface area contributed by atoms with Gasteiger partial charge in [0.15, 0.2) is 6.04 Å². The molecule has 0 spiro atoms. The lowest BCUT2D eigenvalue weighted by Gasteiger charge is -2.23. The first-order valence-corrected chi connectivity index (χ1v) is 10.6. The molecule has 1 saturated heterocycles. The summed E-state index contributed by atoms with van der Waals surface area (Å²) >= 11 is 6.39. The minimum Gasteiger partial charge on any atom is -0.480 e. The van der Waals surface area contributed by atoms with E-state index in [1.807, 2.05) is 12.1 Å². The van der Waals surface area contributed by atoms with Gasteiger partial charge in [-0.05, 0) is 30.4 Å². The van der Waals surface area contributed by atoms with E-state index >= 15 is 0 Å². The molecule has 1 N–H and O–H groups in total. The van der Waals surface area contributed by atoms with Gasteiger partial charge in [-0.25, -0.2) is 14.8 Å². The van der Waals surface area contributed by atoms with Crippen molar-refractivity contribution in [3.63, 3.8) is 0 Å². The molecule has 2 aliphatic rings. The van der Waals surface area contributed by atoms with Gasteiger partial charge in [-0.3, -0.25) is 4.79 Å². The van der Waals surface area contributed by atoms with Crippen LogP contribution in [0.4, 0.5) is 0 Å². The summed E-state index contributed by atoms with van der Waals surface area (Å²) in [5, 5.41) is 9.88. The quantitative estimate of drug-likeness (QED) is 0.699. The lowest BCUT2D eigenvalue weighted by atomic mass is 9.96. The number of carbonyl (C=O) groups is 2. The number of hydrogen-bond acceptors (Lipinski definition) is 6. The number of hydrogen-bond donors (Lipinski definition) is 1. The van der Waals surface area contributed by atoms with E-state index in [0.717, 1.165) is 38.0 Å². The maximum atomic E-state index is 12.9. The van der Waals surface area contributed by atoms with Crippen molar-refractivity contribution >= 4 is 23.5 Å². The molecule has 164 valence electrons. The third-order valence-electron chi connectivity index (χ3n) is 5.81. The molecule has 1 aromatic carbocycles. The Labute approximate surface area is 185 Å². The first-order valence-electron chi connectivity index (χ1n) is 10.2. The summed E-state index contributed by atoms with van der Waals surface area (Å²) in [5.74, 6) is -0.244. The predicted molar refractivity (Wildman–Crippen MR) is 113 cm³/mol. The van der Waals surface area contributed by atoms with Crippen LogP contribution in [0.1, 0.15) is 34.6 Å². The van der Waals surface area contributed by atoms with Gasteiger partial charge in [0.1, 0.15) is 5.82 Å². The van der Waals surface area contributed by atoms with Crippen molar-refractivity contribution in [1.82, 2.24) is 14.9 Å². The van der Waals surface area contributed by atoms with Crippen molar-refractivity contribution in [1.29, 1.82) is 0 Å². The highest BCUT2D eigenvalue weighted by Crippen LogP contribution is 2.32. The van der Waals surface area contributed by atoms with Gasteiger partial charge >= 0.3 is 5.97 Å². The molecule has 0 radical (unpaired) electrons. The van der Waals surface area contributed by atoms with Crippen LogP contribution in [0, 0.1) is 5.92 Å². The second-order valence-corrected chi connectivity index (χ2v) is 8.26. The largest absolute Gasteiger partial charge is 0.480 e. The van der Waals surface area contributed by atoms with Crippen LogP contribution >= 0.6 is 11.6 Å². The smallest absolute Gasteiger partial charge is 0.328 e. The minimum absolute atomic E-state index is 0.0742. The van der Waals surface area contributed by atoms with Gasteiger partial charge < -0.3 is 19.5 Å². The Morgan fingerprint density at radius 3 is 2.87 bits per heavy atom. The third-order valence-corrected chi connectivity index (χ3v) is 6.08. The Bertz CT molecular complexity index is 993. The number of aromatic nitrogens is 2. The Morgan fingerprint density at radius 1 is 1.39 bits per heavy atom. The first-order chi connectivity index (χ1) is 15.0. The third kappa shape index (κ3) is 4.56. The average molecular weight is 446 g/mol. The molecule has 1 aromatic heterocycles. The minimum atomic E-state index is -1.10. The topological polar surface area (TPSA) is 102 Å². The zero-order valence-corrected chi connectivity index (χ0v) is 18.0. The number of carbonyl (C=O) groups excluding carboxylic acids is 1. The summed E-state index contributed by atoms with van der Waals surface area (Å²) in [5.41, 5.74) is 2.50. The number of halogens is 1. The van der Waals surface area contributed by atoms with E-state index in [2.05, 4.69) is 9.97 Å². The molecule has 1 fully saturated rings. The number of nitrogens with zero attached hydrogens (tertiary/aromatic N) is 3. The van der Waals surface area contributed by atoms with Gasteiger partial charge in [-0.1, -0.05) is 23.7 Å². The van der Waals surface area contributed by atoms with Gasteiger partial charge in [0.05, 0.1) is 17.3 Å². The highest BCUT2D eigenvalue weighted by atomic mass is 35.5. The zero-order valence-electron chi connectivity index (χ0n) is 17.2. The van der Waals surface area contributed by atoms with Crippen LogP contribution in [0.3, 0.4) is 0 Å². The van der Waals surface area contributed by atoms with Gasteiger partial charge in [0, 0.05) is 50.6 Å². The molecule has 0 saturated carbocycles. The van der Waals surface area contributed by atoms with Crippen molar-refractivity contribution in [2.45, 2.75) is 31.8 Å². The van der Waals surface area contributed by atoms with Gasteiger partial charge in [-0.2, -0.15) is 0 Å². The van der Waals surface area contributed by atoms with Crippen LogP contribution in [0.25, 0.3) is 11.3 Å². The van der Waals surface area contributed by atoms with Crippen LogP contribution in [0.2, 0.25) is 5.02 Å². The fourth-order valence-electron chi connectivity index (χ4n) is 4.09. The molecule has 31 heavy (non-hydrogen) atoms. The maximum Gasteiger partial charge on any atom is 0.328 e. The molecule has 8 nitrogen and oxygen atoms in total. The number of carboxylic acid groups (broad SMARTS) is 1. The molecule has 2 aromatic rings. The van der Waals surface area contributed by atoms with E-state index in [4.69, 9.17) is 21.1 Å². The Kier molecular flexibility index (Phi) is 6.50. The maximum absolute atomic E-state index is 12.9. The lowest BCUT2D eigenvalue weighted by Crippen LogP contribution is -2.44. The van der Waals surface area contributed by atoms with Crippen LogP contribution < -0.4 is 0 Å². The summed E-state index contributed by atoms with van der Waals surface area (Å²) < 4.78 is 10.4. The number of benzene rings is 1. The van der Waals surface area contributed by atoms with Crippen LogP contribution in [0.5, 0.6) is 0 Å². The van der Waals surface area contributed by atoms with E-state index < -0.39 is 12.0 Å². The molecule has 1 atom stereocenters. The first kappa shape index (κ1) is 21.7. The van der Waals surface area contributed by atoms with Crippen molar-refractivity contribution in [3.05, 3.63) is 46.4 Å². The Balaban J connectivity index is 1.60. The van der Waals surface area contributed by atoms with Crippen LogP contribution in [0.15, 0.2) is 24.4 Å². The Hall–Kier alpha value is -2.55. The summed E-state index contributed by atoms with van der Waals surface area (Å²) in [4.78, 5) is 34.9. The van der Waals surface area contributed by atoms with E-state index in [1.54, 1.807) is 12.3 Å². The molecular formula is C22H24ClN3O5. The van der Waals surface area contributed by atoms with Crippen LogP contribution in [-0.4, -0.2) is 64.8 Å². The second-order valence-electron chi connectivity index (χ2n) is 7.86. The fourth-order valence-corrected chi connectivity index (χ4v) is 4.29. The SMILES string of the molecule is COCC(C(=O)O)N1Cc2ccc(-c3nc(CC4CCOCC4)ncc3Cl)cc2C1=O. The number of aliphatic carboxylic acids is 1. The van der Waals surface area contributed by atoms with Crippen molar-refractivity contribution < 1.29 is 24.2 Å². The van der Waals surface area contributed by atoms with E-state index in [0.29, 0.717) is 33.6 Å². The number of ether oxygens (including phenoxy) is 2. The molecule has 2 aliphatic heterocycles. The lowest BCUT2D eigenvalue weighted by molar-refractivity contribution is -0.144. The molecule has 1 unspecified atom stereocenters. The molecule has 3 heterocycles. The van der Waals surface area contributed by atoms with E-state index in [9.17, 15) is 14.7 Å². The number of fused-ring (bicyclic) bond motifs is 1. The molecule has 1 amide bonds. The summed E-state index contributed by atoms with van der Waals surface area (Å²) in [6.45, 7) is 1.67.